The first-order valence-electron chi connectivity index (χ1n) is 8.13. The van der Waals surface area contributed by atoms with E-state index in [1.54, 1.807) is 6.92 Å². The Hall–Kier alpha value is -1.64. The number of ketones is 1. The Morgan fingerprint density at radius 1 is 1.32 bits per heavy atom. The minimum Gasteiger partial charge on any atom is -0.457 e. The molecule has 122 valence electrons. The molecule has 0 N–H and O–H groups in total. The number of allylic oxidation sites excluding steroid dienone is 4. The minimum absolute atomic E-state index is 0.0726. The molecule has 3 heteroatoms. The lowest BCUT2D eigenvalue weighted by Crippen LogP contribution is -2.26. The second-order valence-corrected chi connectivity index (χ2v) is 6.14. The van der Waals surface area contributed by atoms with Crippen LogP contribution in [0.5, 0.6) is 0 Å². The summed E-state index contributed by atoms with van der Waals surface area (Å²) in [4.78, 5) is 23.5. The highest BCUT2D eigenvalue weighted by molar-refractivity contribution is 5.79. The maximum absolute atomic E-state index is 12.0. The van der Waals surface area contributed by atoms with Crippen molar-refractivity contribution in [3.8, 4) is 0 Å². The van der Waals surface area contributed by atoms with Crippen LogP contribution in [0.15, 0.2) is 36.0 Å². The van der Waals surface area contributed by atoms with Crippen LogP contribution >= 0.6 is 0 Å². The maximum Gasteiger partial charge on any atom is 0.306 e. The Morgan fingerprint density at radius 2 is 2.05 bits per heavy atom. The second-order valence-electron chi connectivity index (χ2n) is 6.14. The molecule has 1 heterocycles. The number of cyclic esters (lactones) is 1. The van der Waals surface area contributed by atoms with Crippen LogP contribution in [0.2, 0.25) is 0 Å². The van der Waals surface area contributed by atoms with E-state index in [2.05, 4.69) is 6.08 Å². The topological polar surface area (TPSA) is 43.4 Å². The predicted molar refractivity (Wildman–Crippen MR) is 89.4 cm³/mol. The zero-order chi connectivity index (χ0) is 16.5. The van der Waals surface area contributed by atoms with Crippen molar-refractivity contribution in [1.82, 2.24) is 0 Å². The third-order valence-electron chi connectivity index (χ3n) is 4.00. The molecule has 0 unspecified atom stereocenters. The smallest absolute Gasteiger partial charge is 0.306 e. The monoisotopic (exact) mass is 304 g/mol. The predicted octanol–water partition coefficient (Wildman–Crippen LogP) is 4.39. The molecule has 0 fully saturated rings. The largest absolute Gasteiger partial charge is 0.457 e. The van der Waals surface area contributed by atoms with Crippen LogP contribution in [0.3, 0.4) is 0 Å². The van der Waals surface area contributed by atoms with Crippen molar-refractivity contribution in [3.05, 3.63) is 36.0 Å². The van der Waals surface area contributed by atoms with Gasteiger partial charge < -0.3 is 4.74 Å². The molecular formula is C19H28O3. The molecule has 0 aromatic heterocycles. The van der Waals surface area contributed by atoms with Crippen LogP contribution < -0.4 is 0 Å². The Bertz CT molecular complexity index is 471. The van der Waals surface area contributed by atoms with Crippen LogP contribution in [-0.4, -0.2) is 17.9 Å². The normalized spacial score (nSPS) is 28.7. The highest BCUT2D eigenvalue weighted by atomic mass is 16.5. The summed E-state index contributed by atoms with van der Waals surface area (Å²) >= 11 is 0. The van der Waals surface area contributed by atoms with E-state index < -0.39 is 0 Å². The van der Waals surface area contributed by atoms with E-state index in [1.807, 2.05) is 45.1 Å². The summed E-state index contributed by atoms with van der Waals surface area (Å²) in [6, 6.07) is 0. The van der Waals surface area contributed by atoms with Crippen molar-refractivity contribution in [1.29, 1.82) is 0 Å². The molecule has 22 heavy (non-hydrogen) atoms. The summed E-state index contributed by atoms with van der Waals surface area (Å²) in [5.41, 5.74) is 0.939. The van der Waals surface area contributed by atoms with Crippen molar-refractivity contribution >= 4 is 11.8 Å². The number of hydrogen-bond acceptors (Lipinski definition) is 3. The average molecular weight is 304 g/mol. The molecule has 0 saturated carbocycles. The lowest BCUT2D eigenvalue weighted by molar-refractivity contribution is -0.148. The highest BCUT2D eigenvalue weighted by Gasteiger charge is 2.22. The van der Waals surface area contributed by atoms with Crippen molar-refractivity contribution in [2.24, 2.45) is 11.8 Å². The standard InChI is InChI=1S/C19H28O3/c1-14-11-9-7-5-6-8-10-12-18(21)22-19(14)16(3)13-15(2)17(4)20/h5,7,9,11,13-15,19H,6,8,10,12H2,1-4H3/b7-5+,11-9-,16-13+/t14-,15-,19+/m0/s1. The summed E-state index contributed by atoms with van der Waals surface area (Å²) < 4.78 is 5.68. The second kappa shape index (κ2) is 9.39. The van der Waals surface area contributed by atoms with E-state index in [0.29, 0.717) is 6.42 Å². The average Bonchev–Trinajstić information content (AvgIpc) is 2.45. The molecule has 0 aliphatic carbocycles. The van der Waals surface area contributed by atoms with Crippen LogP contribution in [0.4, 0.5) is 0 Å². The van der Waals surface area contributed by atoms with Crippen LogP contribution in [-0.2, 0) is 14.3 Å². The molecule has 3 atom stereocenters. The molecule has 3 nitrogen and oxygen atoms in total. The molecule has 0 amide bonds. The number of rotatable bonds is 3. The van der Waals surface area contributed by atoms with Crippen molar-refractivity contribution in [3.63, 3.8) is 0 Å². The summed E-state index contributed by atoms with van der Waals surface area (Å²) in [5, 5.41) is 0. The van der Waals surface area contributed by atoms with E-state index in [1.165, 1.54) is 0 Å². The van der Waals surface area contributed by atoms with Crippen LogP contribution in [0.1, 0.15) is 53.4 Å². The summed E-state index contributed by atoms with van der Waals surface area (Å²) in [5.74, 6) is -0.123. The molecule has 1 aliphatic heterocycles. The van der Waals surface area contributed by atoms with E-state index in [0.717, 1.165) is 24.8 Å². The van der Waals surface area contributed by atoms with Crippen LogP contribution in [0, 0.1) is 11.8 Å². The quantitative estimate of drug-likeness (QED) is 0.573. The molecule has 0 aromatic rings. The maximum atomic E-state index is 12.0. The van der Waals surface area contributed by atoms with E-state index in [-0.39, 0.29) is 29.7 Å². The number of carbonyl (C=O) groups excluding carboxylic acids is 2. The summed E-state index contributed by atoms with van der Waals surface area (Å²) in [7, 11) is 0. The van der Waals surface area contributed by atoms with Gasteiger partial charge in [-0.2, -0.15) is 0 Å². The Labute approximate surface area is 134 Å². The van der Waals surface area contributed by atoms with Crippen LogP contribution in [0.25, 0.3) is 0 Å². The number of Topliss-reactive ketones (excluding diaryl/α,β-unsaturated/α-hetero) is 1. The zero-order valence-corrected chi connectivity index (χ0v) is 14.2. The van der Waals surface area contributed by atoms with Gasteiger partial charge in [0.15, 0.2) is 0 Å². The Morgan fingerprint density at radius 3 is 2.73 bits per heavy atom. The van der Waals surface area contributed by atoms with E-state index in [4.69, 9.17) is 4.74 Å². The van der Waals surface area contributed by atoms with Gasteiger partial charge in [-0.05, 0) is 38.7 Å². The molecule has 0 spiro atoms. The van der Waals surface area contributed by atoms with Crippen molar-refractivity contribution in [2.75, 3.05) is 0 Å². The van der Waals surface area contributed by atoms with Gasteiger partial charge in [0, 0.05) is 18.3 Å². The van der Waals surface area contributed by atoms with Crippen molar-refractivity contribution < 1.29 is 14.3 Å². The third kappa shape index (κ3) is 6.42. The Kier molecular flexibility index (Phi) is 7.86. The number of esters is 1. The number of carbonyl (C=O) groups is 2. The van der Waals surface area contributed by atoms with Gasteiger partial charge in [-0.3, -0.25) is 9.59 Å². The van der Waals surface area contributed by atoms with Gasteiger partial charge in [0.05, 0.1) is 0 Å². The molecule has 0 bridgehead atoms. The molecule has 1 aliphatic rings. The fraction of sp³-hybridized carbons (Fsp3) is 0.579. The zero-order valence-electron chi connectivity index (χ0n) is 14.2. The van der Waals surface area contributed by atoms with E-state index in [9.17, 15) is 9.59 Å². The van der Waals surface area contributed by atoms with Gasteiger partial charge in [0.25, 0.3) is 0 Å². The third-order valence-corrected chi connectivity index (χ3v) is 4.00. The SMILES string of the molecule is CC(=O)[C@@H](C)/C=C(\C)[C@@H]1OC(=O)CCCC/C=C/C=C\[C@@H]1C. The number of hydrogen-bond donors (Lipinski definition) is 0. The fourth-order valence-corrected chi connectivity index (χ4v) is 2.47. The minimum atomic E-state index is -0.307. The highest BCUT2D eigenvalue weighted by Crippen LogP contribution is 2.21. The lowest BCUT2D eigenvalue weighted by Gasteiger charge is -2.24. The lowest BCUT2D eigenvalue weighted by atomic mass is 9.93. The molecule has 0 saturated heterocycles. The van der Waals surface area contributed by atoms with Crippen molar-refractivity contribution in [2.45, 2.75) is 59.5 Å². The summed E-state index contributed by atoms with van der Waals surface area (Å²) in [6.45, 7) is 7.41. The van der Waals surface area contributed by atoms with Gasteiger partial charge >= 0.3 is 5.97 Å². The van der Waals surface area contributed by atoms with Gasteiger partial charge in [-0.25, -0.2) is 0 Å². The molecule has 1 rings (SSSR count). The number of ether oxygens (including phenoxy) is 1. The van der Waals surface area contributed by atoms with Gasteiger partial charge in [-0.15, -0.1) is 0 Å². The fourth-order valence-electron chi connectivity index (χ4n) is 2.47. The molecular weight excluding hydrogens is 276 g/mol. The first-order chi connectivity index (χ1) is 10.4. The van der Waals surface area contributed by atoms with Gasteiger partial charge in [-0.1, -0.05) is 44.2 Å². The molecule has 0 radical (unpaired) electrons. The molecule has 0 aromatic carbocycles. The van der Waals surface area contributed by atoms with Gasteiger partial charge in [0.2, 0.25) is 0 Å². The summed E-state index contributed by atoms with van der Waals surface area (Å²) in [6.07, 6.45) is 13.1. The Balaban J connectivity index is 2.96. The first-order valence-corrected chi connectivity index (χ1v) is 8.13. The van der Waals surface area contributed by atoms with Gasteiger partial charge in [0.1, 0.15) is 11.9 Å². The van der Waals surface area contributed by atoms with E-state index >= 15 is 0 Å². The first kappa shape index (κ1) is 18.4.